The number of hydrogen-bond donors (Lipinski definition) is 3. The van der Waals surface area contributed by atoms with Crippen molar-refractivity contribution in [1.29, 1.82) is 5.41 Å². The highest BCUT2D eigenvalue weighted by Gasteiger charge is 2.39. The third-order valence-corrected chi connectivity index (χ3v) is 7.41. The number of rotatable bonds is 10. The fraction of sp³-hybridized carbons (Fsp3) is 0.562. The van der Waals surface area contributed by atoms with Crippen LogP contribution in [0.2, 0.25) is 0 Å². The molecule has 1 fully saturated rings. The Balaban J connectivity index is 1.86. The highest BCUT2D eigenvalue weighted by Crippen LogP contribution is 2.41. The largest absolute Gasteiger partial charge is 0.507 e. The number of carbonyl (C=O) groups is 1. The summed E-state index contributed by atoms with van der Waals surface area (Å²) in [6.45, 7) is 15.8. The molecule has 3 N–H and O–H groups in total. The number of phenolic OH excluding ortho intramolecular Hbond substituents is 1. The van der Waals surface area contributed by atoms with Crippen molar-refractivity contribution in [3.05, 3.63) is 58.7 Å². The van der Waals surface area contributed by atoms with Gasteiger partial charge in [-0.25, -0.2) is 0 Å². The van der Waals surface area contributed by atoms with Crippen LogP contribution in [0.4, 0.5) is 0 Å². The monoisotopic (exact) mass is 522 g/mol. The lowest BCUT2D eigenvalue weighted by Crippen LogP contribution is -2.32. The maximum atomic E-state index is 13.6. The number of benzene rings is 2. The van der Waals surface area contributed by atoms with Gasteiger partial charge < -0.3 is 19.8 Å². The van der Waals surface area contributed by atoms with E-state index in [1.165, 1.54) is 0 Å². The zero-order valence-corrected chi connectivity index (χ0v) is 24.2. The van der Waals surface area contributed by atoms with Gasteiger partial charge in [0.1, 0.15) is 17.3 Å². The molecule has 6 heteroatoms. The van der Waals surface area contributed by atoms with E-state index in [4.69, 9.17) is 15.3 Å². The van der Waals surface area contributed by atoms with Crippen LogP contribution < -0.4 is 4.74 Å². The predicted octanol–water partition coefficient (Wildman–Crippen LogP) is 6.42. The SMILES string of the molecule is CCC[C@H]1CN(CC(=O)c2cc(C(C)(C)C)c(O)c(C(C)(C)C)c2)C(=N)[C@@H]1c1ccc(OCCCO)cc1. The molecule has 208 valence electrons. The lowest BCUT2D eigenvalue weighted by molar-refractivity contribution is 0.0963. The fourth-order valence-electron chi connectivity index (χ4n) is 5.34. The molecule has 38 heavy (non-hydrogen) atoms. The fourth-order valence-corrected chi connectivity index (χ4v) is 5.34. The van der Waals surface area contributed by atoms with E-state index in [0.717, 1.165) is 35.3 Å². The zero-order chi connectivity index (χ0) is 28.3. The highest BCUT2D eigenvalue weighted by atomic mass is 16.5. The summed E-state index contributed by atoms with van der Waals surface area (Å²) >= 11 is 0. The van der Waals surface area contributed by atoms with Gasteiger partial charge in [0.25, 0.3) is 0 Å². The van der Waals surface area contributed by atoms with Crippen LogP contribution >= 0.6 is 0 Å². The molecule has 0 amide bonds. The summed E-state index contributed by atoms with van der Waals surface area (Å²) in [6, 6.07) is 11.6. The third-order valence-electron chi connectivity index (χ3n) is 7.41. The van der Waals surface area contributed by atoms with Crippen molar-refractivity contribution in [2.75, 3.05) is 26.3 Å². The smallest absolute Gasteiger partial charge is 0.182 e. The van der Waals surface area contributed by atoms with Crippen LogP contribution in [-0.4, -0.2) is 53.0 Å². The minimum absolute atomic E-state index is 0.0331. The summed E-state index contributed by atoms with van der Waals surface area (Å²) in [7, 11) is 0. The summed E-state index contributed by atoms with van der Waals surface area (Å²) in [6.07, 6.45) is 2.58. The quantitative estimate of drug-likeness (QED) is 0.247. The molecule has 2 atom stereocenters. The average Bonchev–Trinajstić information content (AvgIpc) is 3.13. The number of likely N-dealkylation sites (tertiary alicyclic amines) is 1. The average molecular weight is 523 g/mol. The number of ether oxygens (including phenoxy) is 1. The lowest BCUT2D eigenvalue weighted by atomic mass is 9.78. The van der Waals surface area contributed by atoms with E-state index in [9.17, 15) is 9.90 Å². The number of ketones is 1. The summed E-state index contributed by atoms with van der Waals surface area (Å²) in [5.41, 5.74) is 2.57. The minimum Gasteiger partial charge on any atom is -0.507 e. The molecule has 1 saturated heterocycles. The minimum atomic E-state index is -0.313. The normalized spacial score (nSPS) is 18.2. The maximum Gasteiger partial charge on any atom is 0.182 e. The molecule has 0 saturated carbocycles. The molecule has 0 bridgehead atoms. The first-order chi connectivity index (χ1) is 17.8. The van der Waals surface area contributed by atoms with Crippen LogP contribution in [0.15, 0.2) is 36.4 Å². The van der Waals surface area contributed by atoms with Gasteiger partial charge in [0, 0.05) is 42.2 Å². The van der Waals surface area contributed by atoms with Gasteiger partial charge in [0.05, 0.1) is 13.2 Å². The second kappa shape index (κ2) is 11.9. The first-order valence-electron chi connectivity index (χ1n) is 13.9. The number of hydrogen-bond acceptors (Lipinski definition) is 5. The topological polar surface area (TPSA) is 93.9 Å². The van der Waals surface area contributed by atoms with Crippen LogP contribution in [0, 0.1) is 11.3 Å². The van der Waals surface area contributed by atoms with Gasteiger partial charge in [-0.15, -0.1) is 0 Å². The first kappa shape index (κ1) is 29.7. The number of Topliss-reactive ketones (excluding diaryl/α,β-unsaturated/α-hetero) is 1. The molecule has 2 aromatic rings. The Hall–Kier alpha value is -2.86. The number of nitrogens with one attached hydrogen (secondary N) is 1. The van der Waals surface area contributed by atoms with E-state index in [-0.39, 0.29) is 47.4 Å². The maximum absolute atomic E-state index is 13.6. The molecule has 6 nitrogen and oxygen atoms in total. The number of aliphatic hydroxyl groups excluding tert-OH is 1. The Labute approximate surface area is 228 Å². The van der Waals surface area contributed by atoms with Crippen molar-refractivity contribution < 1.29 is 19.7 Å². The van der Waals surface area contributed by atoms with Crippen molar-refractivity contribution in [2.45, 2.75) is 84.5 Å². The Kier molecular flexibility index (Phi) is 9.30. The second-order valence-corrected chi connectivity index (χ2v) is 12.6. The van der Waals surface area contributed by atoms with Gasteiger partial charge in [0.15, 0.2) is 5.78 Å². The van der Waals surface area contributed by atoms with Crippen molar-refractivity contribution in [1.82, 2.24) is 4.90 Å². The summed E-state index contributed by atoms with van der Waals surface area (Å²) < 4.78 is 5.68. The molecule has 0 spiro atoms. The summed E-state index contributed by atoms with van der Waals surface area (Å²) in [5, 5.41) is 29.1. The van der Waals surface area contributed by atoms with Gasteiger partial charge in [0.2, 0.25) is 0 Å². The van der Waals surface area contributed by atoms with Crippen LogP contribution in [0.3, 0.4) is 0 Å². The predicted molar refractivity (Wildman–Crippen MR) is 154 cm³/mol. The van der Waals surface area contributed by atoms with Crippen LogP contribution in [0.25, 0.3) is 0 Å². The Bertz CT molecular complexity index is 1090. The van der Waals surface area contributed by atoms with E-state index in [0.29, 0.717) is 31.0 Å². The van der Waals surface area contributed by atoms with Crippen molar-refractivity contribution in [2.24, 2.45) is 5.92 Å². The summed E-state index contributed by atoms with van der Waals surface area (Å²) in [5.74, 6) is 1.66. The number of aliphatic hydroxyl groups is 1. The molecule has 0 unspecified atom stereocenters. The van der Waals surface area contributed by atoms with E-state index in [2.05, 4.69) is 6.92 Å². The molecule has 0 aliphatic carbocycles. The number of nitrogens with zero attached hydrogens (tertiary/aromatic N) is 1. The Morgan fingerprint density at radius 2 is 1.63 bits per heavy atom. The van der Waals surface area contributed by atoms with E-state index in [1.807, 2.05) is 82.8 Å². The highest BCUT2D eigenvalue weighted by molar-refractivity contribution is 6.01. The van der Waals surface area contributed by atoms with Crippen LogP contribution in [0.1, 0.15) is 101 Å². The molecule has 1 aliphatic heterocycles. The number of carbonyl (C=O) groups excluding carboxylic acids is 1. The van der Waals surface area contributed by atoms with E-state index >= 15 is 0 Å². The number of phenols is 1. The Morgan fingerprint density at radius 3 is 2.13 bits per heavy atom. The lowest BCUT2D eigenvalue weighted by Gasteiger charge is -2.28. The van der Waals surface area contributed by atoms with Gasteiger partial charge in [-0.3, -0.25) is 10.2 Å². The van der Waals surface area contributed by atoms with Crippen molar-refractivity contribution in [3.63, 3.8) is 0 Å². The van der Waals surface area contributed by atoms with Crippen LogP contribution in [-0.2, 0) is 10.8 Å². The second-order valence-electron chi connectivity index (χ2n) is 12.6. The molecule has 1 aliphatic rings. The standard InChI is InChI=1S/C32H46N2O4/c1-8-10-22-19-34(30(33)28(22)21-11-13-24(14-12-21)38-16-9-15-35)20-27(36)23-17-25(31(2,3)4)29(37)26(18-23)32(5,6)7/h11-14,17-18,22,28,33,35,37H,8-10,15-16,19-20H2,1-7H3/t22-,28+/m0/s1. The Morgan fingerprint density at radius 1 is 1.05 bits per heavy atom. The van der Waals surface area contributed by atoms with E-state index in [1.54, 1.807) is 0 Å². The van der Waals surface area contributed by atoms with E-state index < -0.39 is 0 Å². The first-order valence-corrected chi connectivity index (χ1v) is 13.9. The van der Waals surface area contributed by atoms with Gasteiger partial charge in [-0.05, 0) is 53.0 Å². The molecule has 0 aromatic heterocycles. The number of aromatic hydroxyl groups is 1. The van der Waals surface area contributed by atoms with Crippen molar-refractivity contribution >= 4 is 11.6 Å². The molecular formula is C32H46N2O4. The zero-order valence-electron chi connectivity index (χ0n) is 24.2. The van der Waals surface area contributed by atoms with Gasteiger partial charge >= 0.3 is 0 Å². The molecule has 1 heterocycles. The molecule has 3 rings (SSSR count). The van der Waals surface area contributed by atoms with Gasteiger partial charge in [-0.1, -0.05) is 67.0 Å². The number of amidine groups is 1. The molecule has 2 aromatic carbocycles. The van der Waals surface area contributed by atoms with Crippen molar-refractivity contribution in [3.8, 4) is 11.5 Å². The molecular weight excluding hydrogens is 476 g/mol. The van der Waals surface area contributed by atoms with Crippen LogP contribution in [0.5, 0.6) is 11.5 Å². The van der Waals surface area contributed by atoms with Gasteiger partial charge in [-0.2, -0.15) is 0 Å². The summed E-state index contributed by atoms with van der Waals surface area (Å²) in [4.78, 5) is 15.6. The molecule has 0 radical (unpaired) electrons. The third kappa shape index (κ3) is 6.76.